The summed E-state index contributed by atoms with van der Waals surface area (Å²) in [4.78, 5) is 18.0. The molecule has 9 N–H and O–H groups in total. The molecule has 12 heteroatoms. The lowest BCUT2D eigenvalue weighted by molar-refractivity contribution is -0.114. The van der Waals surface area contributed by atoms with E-state index in [0.29, 0.717) is 18.7 Å². The predicted octanol–water partition coefficient (Wildman–Crippen LogP) is 0.912. The minimum atomic E-state index is -1.09. The number of primary amides is 1. The Hall–Kier alpha value is -2.69. The summed E-state index contributed by atoms with van der Waals surface area (Å²) in [6.45, 7) is 2.36. The maximum Gasteiger partial charge on any atom is 0.271 e. The van der Waals surface area contributed by atoms with Gasteiger partial charge in [0.15, 0.2) is 17.2 Å². The van der Waals surface area contributed by atoms with Crippen molar-refractivity contribution in [2.24, 2.45) is 22.2 Å². The van der Waals surface area contributed by atoms with E-state index in [-0.39, 0.29) is 46.6 Å². The van der Waals surface area contributed by atoms with Gasteiger partial charge in [0.2, 0.25) is 5.96 Å². The highest BCUT2D eigenvalue weighted by atomic mass is 35.5. The molecule has 1 atom stereocenters. The standard InChI is InChI=1S/C16H22ClN7O3.ClH/c1-2-3-6-23(8-4-5-9(25)10(26)7-8)16(21)24-13(18)11(15(20)27)22-12(17)14(24)19;/h4-5,7,14,21,25-26H,2-3,6,18-19H2,1H3,(H2,20,27);1H. The molecule has 1 aliphatic heterocycles. The van der Waals surface area contributed by atoms with Gasteiger partial charge in [-0.1, -0.05) is 24.9 Å². The number of aliphatic imine (C=N–C) groups is 1. The Morgan fingerprint density at radius 1 is 1.39 bits per heavy atom. The number of unbranched alkanes of at least 4 members (excludes halogenated alkanes) is 1. The number of halogens is 2. The van der Waals surface area contributed by atoms with Gasteiger partial charge in [0, 0.05) is 18.3 Å². The van der Waals surface area contributed by atoms with Gasteiger partial charge >= 0.3 is 0 Å². The summed E-state index contributed by atoms with van der Waals surface area (Å²) in [5, 5.41) is 27.8. The average Bonchev–Trinajstić information content (AvgIpc) is 2.61. The van der Waals surface area contributed by atoms with Crippen molar-refractivity contribution in [3.8, 4) is 11.5 Å². The highest BCUT2D eigenvalue weighted by Gasteiger charge is 2.34. The largest absolute Gasteiger partial charge is 0.504 e. The molecule has 1 heterocycles. The van der Waals surface area contributed by atoms with Crippen LogP contribution in [0.15, 0.2) is 34.7 Å². The van der Waals surface area contributed by atoms with Crippen LogP contribution in [0.25, 0.3) is 0 Å². The second-order valence-corrected chi connectivity index (χ2v) is 6.24. The zero-order chi connectivity index (χ0) is 20.3. The number of aromatic hydroxyl groups is 2. The van der Waals surface area contributed by atoms with Crippen LogP contribution in [-0.2, 0) is 4.79 Å². The van der Waals surface area contributed by atoms with Crippen molar-refractivity contribution in [3.63, 3.8) is 0 Å². The number of amides is 1. The lowest BCUT2D eigenvalue weighted by Gasteiger charge is -2.38. The van der Waals surface area contributed by atoms with Crippen molar-refractivity contribution in [2.75, 3.05) is 11.4 Å². The minimum Gasteiger partial charge on any atom is -0.504 e. The van der Waals surface area contributed by atoms with Gasteiger partial charge < -0.3 is 32.3 Å². The Morgan fingerprint density at radius 2 is 2.04 bits per heavy atom. The summed E-state index contributed by atoms with van der Waals surface area (Å²) in [7, 11) is 0. The Labute approximate surface area is 173 Å². The van der Waals surface area contributed by atoms with Crippen molar-refractivity contribution < 1.29 is 15.0 Å². The third-order valence-electron chi connectivity index (χ3n) is 3.97. The summed E-state index contributed by atoms with van der Waals surface area (Å²) in [5.74, 6) is -1.93. The van der Waals surface area contributed by atoms with E-state index in [0.717, 1.165) is 11.3 Å². The van der Waals surface area contributed by atoms with E-state index in [1.165, 1.54) is 23.1 Å². The molecule has 0 bridgehead atoms. The second-order valence-electron chi connectivity index (χ2n) is 5.85. The third kappa shape index (κ3) is 4.58. The first-order valence-electron chi connectivity index (χ1n) is 8.15. The molecule has 2 rings (SSSR count). The molecular formula is C16H23Cl2N7O3. The molecule has 0 aromatic heterocycles. The number of hydrogen-bond donors (Lipinski definition) is 6. The van der Waals surface area contributed by atoms with Gasteiger partial charge in [-0.3, -0.25) is 15.1 Å². The van der Waals surface area contributed by atoms with Gasteiger partial charge in [0.05, 0.1) is 0 Å². The van der Waals surface area contributed by atoms with E-state index < -0.39 is 12.1 Å². The van der Waals surface area contributed by atoms with Crippen LogP contribution in [0.2, 0.25) is 0 Å². The first kappa shape index (κ1) is 23.3. The lowest BCUT2D eigenvalue weighted by atomic mass is 10.2. The van der Waals surface area contributed by atoms with Gasteiger partial charge in [0.25, 0.3) is 5.91 Å². The second kappa shape index (κ2) is 9.49. The molecule has 1 aromatic rings. The van der Waals surface area contributed by atoms with Crippen LogP contribution < -0.4 is 22.1 Å². The maximum atomic E-state index is 11.6. The number of carbonyl (C=O) groups is 1. The summed E-state index contributed by atoms with van der Waals surface area (Å²) in [5.41, 5.74) is 17.4. The van der Waals surface area contributed by atoms with Crippen LogP contribution in [0.1, 0.15) is 19.8 Å². The van der Waals surface area contributed by atoms with E-state index >= 15 is 0 Å². The number of phenols is 2. The summed E-state index contributed by atoms with van der Waals surface area (Å²) in [6.07, 6.45) is 0.457. The molecule has 0 fully saturated rings. The SMILES string of the molecule is CCCCN(C(=N)N1C(N)=C(C(N)=O)N=C(Cl)C1N)c1ccc(O)c(O)c1.Cl. The number of nitrogens with zero attached hydrogens (tertiary/aromatic N) is 3. The average molecular weight is 432 g/mol. The van der Waals surface area contributed by atoms with Crippen LogP contribution in [-0.4, -0.2) is 44.9 Å². The highest BCUT2D eigenvalue weighted by Crippen LogP contribution is 2.31. The van der Waals surface area contributed by atoms with Crippen LogP contribution in [0, 0.1) is 5.41 Å². The van der Waals surface area contributed by atoms with E-state index in [4.69, 9.17) is 34.2 Å². The van der Waals surface area contributed by atoms with Gasteiger partial charge in [-0.2, -0.15) is 0 Å². The summed E-state index contributed by atoms with van der Waals surface area (Å²) in [6, 6.07) is 4.13. The fourth-order valence-electron chi connectivity index (χ4n) is 2.51. The Kier molecular flexibility index (Phi) is 7.91. The van der Waals surface area contributed by atoms with Crippen LogP contribution in [0.5, 0.6) is 11.5 Å². The molecule has 1 aromatic carbocycles. The third-order valence-corrected chi connectivity index (χ3v) is 4.27. The first-order valence-corrected chi connectivity index (χ1v) is 8.53. The number of phenolic OH excluding ortho intramolecular Hbond substituents is 2. The highest BCUT2D eigenvalue weighted by molar-refractivity contribution is 6.67. The lowest BCUT2D eigenvalue weighted by Crippen LogP contribution is -2.57. The molecule has 1 aliphatic rings. The van der Waals surface area contributed by atoms with Crippen molar-refractivity contribution >= 4 is 46.7 Å². The molecule has 0 aliphatic carbocycles. The number of hydrogen-bond acceptors (Lipinski definition) is 7. The van der Waals surface area contributed by atoms with Crippen molar-refractivity contribution in [2.45, 2.75) is 25.9 Å². The monoisotopic (exact) mass is 431 g/mol. The topological polar surface area (TPSA) is 178 Å². The molecule has 154 valence electrons. The van der Waals surface area contributed by atoms with E-state index in [1.807, 2.05) is 6.92 Å². The fourth-order valence-corrected chi connectivity index (χ4v) is 2.69. The molecule has 1 unspecified atom stereocenters. The number of anilines is 1. The van der Waals surface area contributed by atoms with E-state index in [2.05, 4.69) is 4.99 Å². The van der Waals surface area contributed by atoms with Crippen molar-refractivity contribution in [3.05, 3.63) is 29.7 Å². The number of nitrogens with one attached hydrogen (secondary N) is 1. The smallest absolute Gasteiger partial charge is 0.271 e. The van der Waals surface area contributed by atoms with Gasteiger partial charge in [-0.15, -0.1) is 12.4 Å². The Morgan fingerprint density at radius 3 is 2.57 bits per heavy atom. The summed E-state index contributed by atoms with van der Waals surface area (Å²) >= 11 is 6.01. The van der Waals surface area contributed by atoms with Crippen LogP contribution in [0.4, 0.5) is 5.69 Å². The fraction of sp³-hybridized carbons (Fsp3) is 0.312. The molecule has 10 nitrogen and oxygen atoms in total. The van der Waals surface area contributed by atoms with Gasteiger partial charge in [-0.05, 0) is 18.6 Å². The molecule has 0 radical (unpaired) electrons. The molecule has 1 amide bonds. The van der Waals surface area contributed by atoms with Crippen molar-refractivity contribution in [1.82, 2.24) is 4.90 Å². The minimum absolute atomic E-state index is 0. The van der Waals surface area contributed by atoms with Gasteiger partial charge in [0.1, 0.15) is 17.2 Å². The number of nitrogens with two attached hydrogens (primary N) is 3. The molecule has 0 spiro atoms. The Balaban J connectivity index is 0.00000392. The van der Waals surface area contributed by atoms with E-state index in [9.17, 15) is 15.0 Å². The van der Waals surface area contributed by atoms with Gasteiger partial charge in [-0.25, -0.2) is 4.99 Å². The zero-order valence-electron chi connectivity index (χ0n) is 15.1. The number of benzene rings is 1. The zero-order valence-corrected chi connectivity index (χ0v) is 16.7. The van der Waals surface area contributed by atoms with Crippen LogP contribution in [0.3, 0.4) is 0 Å². The van der Waals surface area contributed by atoms with Crippen LogP contribution >= 0.6 is 24.0 Å². The summed E-state index contributed by atoms with van der Waals surface area (Å²) < 4.78 is 0. The van der Waals surface area contributed by atoms with E-state index in [1.54, 1.807) is 0 Å². The normalized spacial score (nSPS) is 16.3. The number of rotatable bonds is 5. The molecule has 0 saturated heterocycles. The van der Waals surface area contributed by atoms with Crippen molar-refractivity contribution in [1.29, 1.82) is 5.41 Å². The molecule has 0 saturated carbocycles. The first-order chi connectivity index (χ1) is 12.7. The quantitative estimate of drug-likeness (QED) is 0.227. The molecular weight excluding hydrogens is 409 g/mol. The maximum absolute atomic E-state index is 11.6. The number of guanidine groups is 1. The molecule has 28 heavy (non-hydrogen) atoms. The predicted molar refractivity (Wildman–Crippen MR) is 111 cm³/mol. The Bertz CT molecular complexity index is 828. The number of carbonyl (C=O) groups excluding carboxylic acids is 1.